The number of aromatic amines is 1. The van der Waals surface area contributed by atoms with Crippen LogP contribution in [0.25, 0.3) is 10.9 Å². The van der Waals surface area contributed by atoms with Gasteiger partial charge in [-0.2, -0.15) is 0 Å². The Morgan fingerprint density at radius 1 is 1.05 bits per heavy atom. The molecule has 1 aromatic carbocycles. The van der Waals surface area contributed by atoms with Gasteiger partial charge in [0.15, 0.2) is 11.5 Å². The second-order valence-corrected chi connectivity index (χ2v) is 4.27. The molecule has 94 valence electrons. The number of nitrogens with zero attached hydrogens (tertiary/aromatic N) is 1. The Bertz CT molecular complexity index is 741. The van der Waals surface area contributed by atoms with Gasteiger partial charge >= 0.3 is 0 Å². The first-order valence-corrected chi connectivity index (χ1v) is 5.71. The molecule has 2 aromatic rings. The van der Waals surface area contributed by atoms with Crippen molar-refractivity contribution < 1.29 is 19.1 Å². The SMILES string of the molecule is O=C1C=CC(=O)N1c1c[nH]c2cc3c(cc12)OCO3. The minimum Gasteiger partial charge on any atom is -0.454 e. The molecular formula is C13H8N2O4. The van der Waals surface area contributed by atoms with Crippen LogP contribution >= 0.6 is 0 Å². The van der Waals surface area contributed by atoms with Crippen LogP contribution < -0.4 is 14.4 Å². The van der Waals surface area contributed by atoms with E-state index in [2.05, 4.69) is 4.98 Å². The largest absolute Gasteiger partial charge is 0.454 e. The maximum Gasteiger partial charge on any atom is 0.258 e. The molecule has 0 saturated carbocycles. The van der Waals surface area contributed by atoms with Crippen molar-refractivity contribution in [3.63, 3.8) is 0 Å². The number of carbonyl (C=O) groups excluding carboxylic acids is 2. The molecule has 1 aromatic heterocycles. The summed E-state index contributed by atoms with van der Waals surface area (Å²) >= 11 is 0. The summed E-state index contributed by atoms with van der Waals surface area (Å²) in [5.41, 5.74) is 1.31. The number of hydrogen-bond donors (Lipinski definition) is 1. The number of H-pyrrole nitrogens is 1. The molecule has 3 heterocycles. The van der Waals surface area contributed by atoms with Crippen LogP contribution in [-0.2, 0) is 9.59 Å². The van der Waals surface area contributed by atoms with E-state index in [0.717, 1.165) is 15.8 Å². The van der Waals surface area contributed by atoms with Crippen molar-refractivity contribution in [3.8, 4) is 11.5 Å². The lowest BCUT2D eigenvalue weighted by Gasteiger charge is -2.12. The molecule has 2 aliphatic rings. The number of amides is 2. The summed E-state index contributed by atoms with van der Waals surface area (Å²) < 4.78 is 10.6. The summed E-state index contributed by atoms with van der Waals surface area (Å²) in [5.74, 6) is 0.575. The van der Waals surface area contributed by atoms with Gasteiger partial charge in [0.05, 0.1) is 11.2 Å². The van der Waals surface area contributed by atoms with E-state index in [9.17, 15) is 9.59 Å². The summed E-state index contributed by atoms with van der Waals surface area (Å²) in [7, 11) is 0. The Kier molecular flexibility index (Phi) is 1.81. The molecule has 0 radical (unpaired) electrons. The molecule has 0 atom stereocenters. The Morgan fingerprint density at radius 3 is 2.47 bits per heavy atom. The van der Waals surface area contributed by atoms with E-state index in [1.54, 1.807) is 18.3 Å². The van der Waals surface area contributed by atoms with Crippen molar-refractivity contribution in [2.24, 2.45) is 0 Å². The molecule has 0 saturated heterocycles. The molecule has 4 rings (SSSR count). The number of imide groups is 1. The van der Waals surface area contributed by atoms with E-state index < -0.39 is 0 Å². The number of fused-ring (bicyclic) bond motifs is 2. The normalized spacial score (nSPS) is 16.9. The van der Waals surface area contributed by atoms with Gasteiger partial charge in [0.2, 0.25) is 6.79 Å². The highest BCUT2D eigenvalue weighted by Crippen LogP contribution is 2.39. The van der Waals surface area contributed by atoms with Crippen LogP contribution in [0.3, 0.4) is 0 Å². The number of carbonyl (C=O) groups is 2. The topological polar surface area (TPSA) is 71.6 Å². The number of nitrogens with one attached hydrogen (secondary N) is 1. The van der Waals surface area contributed by atoms with Crippen LogP contribution in [0.4, 0.5) is 5.69 Å². The van der Waals surface area contributed by atoms with Gasteiger partial charge < -0.3 is 14.5 Å². The van der Waals surface area contributed by atoms with Crippen LogP contribution in [0.1, 0.15) is 0 Å². The van der Waals surface area contributed by atoms with Crippen LogP contribution in [0.5, 0.6) is 11.5 Å². The number of anilines is 1. The van der Waals surface area contributed by atoms with E-state index in [1.807, 2.05) is 0 Å². The van der Waals surface area contributed by atoms with Gasteiger partial charge in [0.25, 0.3) is 11.8 Å². The van der Waals surface area contributed by atoms with Gasteiger partial charge in [0, 0.05) is 29.8 Å². The first-order chi connectivity index (χ1) is 9.24. The van der Waals surface area contributed by atoms with E-state index in [1.165, 1.54) is 12.2 Å². The van der Waals surface area contributed by atoms with Crippen LogP contribution in [-0.4, -0.2) is 23.6 Å². The van der Waals surface area contributed by atoms with E-state index in [0.29, 0.717) is 17.2 Å². The zero-order chi connectivity index (χ0) is 13.0. The van der Waals surface area contributed by atoms with Crippen LogP contribution in [0.2, 0.25) is 0 Å². The average Bonchev–Trinajstić information content (AvgIpc) is 3.07. The predicted octanol–water partition coefficient (Wildman–Crippen LogP) is 1.33. The Labute approximate surface area is 107 Å². The summed E-state index contributed by atoms with van der Waals surface area (Å²) in [5, 5.41) is 0.745. The molecular weight excluding hydrogens is 248 g/mol. The van der Waals surface area contributed by atoms with Crippen molar-refractivity contribution in [2.45, 2.75) is 0 Å². The lowest BCUT2D eigenvalue weighted by molar-refractivity contribution is -0.119. The standard InChI is InChI=1S/C13H8N2O4/c16-12-1-2-13(17)15(12)9-5-14-8-4-11-10(3-7(8)9)18-6-19-11/h1-5,14H,6H2. The third-order valence-corrected chi connectivity index (χ3v) is 3.20. The van der Waals surface area contributed by atoms with Gasteiger partial charge in [-0.3, -0.25) is 9.59 Å². The van der Waals surface area contributed by atoms with E-state index >= 15 is 0 Å². The molecule has 0 spiro atoms. The Hall–Kier alpha value is -2.76. The third-order valence-electron chi connectivity index (χ3n) is 3.20. The second kappa shape index (κ2) is 3.38. The summed E-state index contributed by atoms with van der Waals surface area (Å²) in [6.45, 7) is 0.181. The Morgan fingerprint density at radius 2 is 1.74 bits per heavy atom. The number of benzene rings is 1. The highest BCUT2D eigenvalue weighted by molar-refractivity contribution is 6.30. The lowest BCUT2D eigenvalue weighted by Crippen LogP contribution is -2.29. The van der Waals surface area contributed by atoms with Crippen LogP contribution in [0.15, 0.2) is 30.5 Å². The van der Waals surface area contributed by atoms with Crippen molar-refractivity contribution in [1.29, 1.82) is 0 Å². The number of ether oxygens (including phenoxy) is 2. The first kappa shape index (κ1) is 10.2. The van der Waals surface area contributed by atoms with E-state index in [4.69, 9.17) is 9.47 Å². The molecule has 1 N–H and O–H groups in total. The smallest absolute Gasteiger partial charge is 0.258 e. The van der Waals surface area contributed by atoms with Gasteiger partial charge in [-0.25, -0.2) is 4.90 Å². The summed E-state index contributed by atoms with van der Waals surface area (Å²) in [4.78, 5) is 27.6. The highest BCUT2D eigenvalue weighted by atomic mass is 16.7. The van der Waals surface area contributed by atoms with Gasteiger partial charge in [-0.05, 0) is 6.07 Å². The predicted molar refractivity (Wildman–Crippen MR) is 66.1 cm³/mol. The van der Waals surface area contributed by atoms with Crippen molar-refractivity contribution >= 4 is 28.4 Å². The van der Waals surface area contributed by atoms with Gasteiger partial charge in [-0.15, -0.1) is 0 Å². The lowest BCUT2D eigenvalue weighted by atomic mass is 10.2. The minimum absolute atomic E-state index is 0.181. The second-order valence-electron chi connectivity index (χ2n) is 4.27. The number of aromatic nitrogens is 1. The highest BCUT2D eigenvalue weighted by Gasteiger charge is 2.28. The molecule has 0 fully saturated rings. The maximum atomic E-state index is 11.7. The quantitative estimate of drug-likeness (QED) is 0.781. The van der Waals surface area contributed by atoms with Gasteiger partial charge in [-0.1, -0.05) is 0 Å². The van der Waals surface area contributed by atoms with Crippen molar-refractivity contribution in [3.05, 3.63) is 30.5 Å². The Balaban J connectivity index is 1.92. The van der Waals surface area contributed by atoms with Crippen molar-refractivity contribution in [1.82, 2.24) is 4.98 Å². The zero-order valence-corrected chi connectivity index (χ0v) is 9.67. The molecule has 6 nitrogen and oxygen atoms in total. The fraction of sp³-hybridized carbons (Fsp3) is 0.0769. The summed E-state index contributed by atoms with van der Waals surface area (Å²) in [6, 6.07) is 3.56. The summed E-state index contributed by atoms with van der Waals surface area (Å²) in [6.07, 6.45) is 4.14. The average molecular weight is 256 g/mol. The van der Waals surface area contributed by atoms with Crippen LogP contribution in [0, 0.1) is 0 Å². The molecule has 6 heteroatoms. The fourth-order valence-corrected chi connectivity index (χ4v) is 2.32. The number of hydrogen-bond acceptors (Lipinski definition) is 4. The monoisotopic (exact) mass is 256 g/mol. The third kappa shape index (κ3) is 1.31. The molecule has 0 aliphatic carbocycles. The van der Waals surface area contributed by atoms with Crippen molar-refractivity contribution in [2.75, 3.05) is 11.7 Å². The molecule has 2 aliphatic heterocycles. The van der Waals surface area contributed by atoms with Gasteiger partial charge in [0.1, 0.15) is 0 Å². The molecule has 19 heavy (non-hydrogen) atoms. The maximum absolute atomic E-state index is 11.7. The first-order valence-electron chi connectivity index (χ1n) is 5.71. The number of rotatable bonds is 1. The fourth-order valence-electron chi connectivity index (χ4n) is 2.32. The molecule has 2 amide bonds. The minimum atomic E-state index is -0.344. The van der Waals surface area contributed by atoms with E-state index in [-0.39, 0.29) is 18.6 Å². The molecule has 0 bridgehead atoms. The molecule has 0 unspecified atom stereocenters. The zero-order valence-electron chi connectivity index (χ0n) is 9.67.